The maximum atomic E-state index is 3.37. The van der Waals surface area contributed by atoms with E-state index in [9.17, 15) is 0 Å². The quantitative estimate of drug-likeness (QED) is 0.583. The Bertz CT molecular complexity index is 85.3. The normalized spacial score (nSPS) is 10.0. The second kappa shape index (κ2) is 16.4. The van der Waals surface area contributed by atoms with Crippen LogP contribution in [0.25, 0.3) is 0 Å². The molecule has 0 bridgehead atoms. The lowest BCUT2D eigenvalue weighted by Crippen LogP contribution is -2.17. The smallest absolute Gasteiger partial charge is 0.00465 e. The summed E-state index contributed by atoms with van der Waals surface area (Å²) in [5, 5.41) is 3.37. The molecule has 0 aliphatic carbocycles. The van der Waals surface area contributed by atoms with Crippen LogP contribution in [-0.2, 0) is 0 Å². The first-order valence-electron chi connectivity index (χ1n) is 6.89. The van der Waals surface area contributed by atoms with E-state index in [1.165, 1.54) is 51.6 Å². The third kappa shape index (κ3) is 24.9. The molecule has 0 aromatic carbocycles. The third-order valence-corrected chi connectivity index (χ3v) is 2.28. The first-order valence-corrected chi connectivity index (χ1v) is 6.89. The van der Waals surface area contributed by atoms with E-state index in [0.717, 1.165) is 5.92 Å². The summed E-state index contributed by atoms with van der Waals surface area (Å²) in [5.41, 5.74) is 0. The van der Waals surface area contributed by atoms with Gasteiger partial charge in [-0.2, -0.15) is 0 Å². The Morgan fingerprint density at radius 1 is 0.800 bits per heavy atom. The largest absolute Gasteiger partial charge is 0.317 e. The van der Waals surface area contributed by atoms with Crippen molar-refractivity contribution in [2.45, 2.75) is 73.1 Å². The Kier molecular flexibility index (Phi) is 19.0. The lowest BCUT2D eigenvalue weighted by atomic mass is 10.1. The molecular weight excluding hydrogens is 182 g/mol. The SMILES string of the molecule is CCCCCC.CCCNCCC(C)C. The molecule has 0 fully saturated rings. The highest BCUT2D eigenvalue weighted by Crippen LogP contribution is 1.96. The van der Waals surface area contributed by atoms with Crippen LogP contribution in [0.1, 0.15) is 73.1 Å². The Morgan fingerprint density at radius 2 is 1.33 bits per heavy atom. The highest BCUT2D eigenvalue weighted by atomic mass is 14.8. The Labute approximate surface area is 98.0 Å². The van der Waals surface area contributed by atoms with Gasteiger partial charge in [-0.05, 0) is 31.8 Å². The second-order valence-corrected chi connectivity index (χ2v) is 4.64. The molecule has 0 aromatic heterocycles. The van der Waals surface area contributed by atoms with Crippen molar-refractivity contribution in [3.8, 4) is 0 Å². The summed E-state index contributed by atoms with van der Waals surface area (Å²) >= 11 is 0. The molecule has 94 valence electrons. The lowest BCUT2D eigenvalue weighted by molar-refractivity contribution is 0.537. The Morgan fingerprint density at radius 3 is 1.67 bits per heavy atom. The van der Waals surface area contributed by atoms with Gasteiger partial charge in [0, 0.05) is 0 Å². The number of hydrogen-bond acceptors (Lipinski definition) is 1. The Balaban J connectivity index is 0. The van der Waals surface area contributed by atoms with Crippen LogP contribution in [0.5, 0.6) is 0 Å². The molecular formula is C14H33N. The van der Waals surface area contributed by atoms with Crippen molar-refractivity contribution in [3.63, 3.8) is 0 Å². The summed E-state index contributed by atoms with van der Waals surface area (Å²) in [5.74, 6) is 0.842. The first kappa shape index (κ1) is 17.4. The summed E-state index contributed by atoms with van der Waals surface area (Å²) in [4.78, 5) is 0. The molecule has 0 amide bonds. The van der Waals surface area contributed by atoms with Crippen molar-refractivity contribution in [1.82, 2.24) is 5.32 Å². The zero-order valence-corrected chi connectivity index (χ0v) is 11.7. The van der Waals surface area contributed by atoms with Crippen molar-refractivity contribution in [3.05, 3.63) is 0 Å². The number of rotatable bonds is 8. The zero-order valence-electron chi connectivity index (χ0n) is 11.7. The van der Waals surface area contributed by atoms with E-state index in [-0.39, 0.29) is 0 Å². The molecule has 0 saturated carbocycles. The average molecular weight is 215 g/mol. The van der Waals surface area contributed by atoms with Crippen molar-refractivity contribution < 1.29 is 0 Å². The van der Waals surface area contributed by atoms with E-state index in [1.807, 2.05) is 0 Å². The average Bonchev–Trinajstić information content (AvgIpc) is 2.22. The van der Waals surface area contributed by atoms with Gasteiger partial charge < -0.3 is 5.32 Å². The fourth-order valence-electron chi connectivity index (χ4n) is 1.19. The first-order chi connectivity index (χ1) is 7.18. The van der Waals surface area contributed by atoms with E-state index in [1.54, 1.807) is 0 Å². The van der Waals surface area contributed by atoms with Gasteiger partial charge in [-0.15, -0.1) is 0 Å². The minimum Gasteiger partial charge on any atom is -0.317 e. The van der Waals surface area contributed by atoms with Crippen LogP contribution in [-0.4, -0.2) is 13.1 Å². The van der Waals surface area contributed by atoms with Crippen molar-refractivity contribution in [2.75, 3.05) is 13.1 Å². The minimum absolute atomic E-state index is 0.842. The maximum Gasteiger partial charge on any atom is -0.00465 e. The molecule has 0 unspecified atom stereocenters. The van der Waals surface area contributed by atoms with Gasteiger partial charge in [-0.25, -0.2) is 0 Å². The van der Waals surface area contributed by atoms with Gasteiger partial charge in [0.05, 0.1) is 0 Å². The van der Waals surface area contributed by atoms with Crippen LogP contribution in [0.3, 0.4) is 0 Å². The van der Waals surface area contributed by atoms with E-state index < -0.39 is 0 Å². The fourth-order valence-corrected chi connectivity index (χ4v) is 1.19. The monoisotopic (exact) mass is 215 g/mol. The van der Waals surface area contributed by atoms with Crippen molar-refractivity contribution >= 4 is 0 Å². The number of unbranched alkanes of at least 4 members (excludes halogenated alkanes) is 3. The van der Waals surface area contributed by atoms with E-state index in [0.29, 0.717) is 0 Å². The molecule has 0 heterocycles. The summed E-state index contributed by atoms with van der Waals surface area (Å²) in [6.07, 6.45) is 8.09. The molecule has 0 aromatic rings. The predicted molar refractivity (Wildman–Crippen MR) is 72.4 cm³/mol. The standard InChI is InChI=1S/C8H19N.C6H14/c1-4-6-9-7-5-8(2)3;1-3-5-6-4-2/h8-9H,4-7H2,1-3H3;3-6H2,1-2H3. The van der Waals surface area contributed by atoms with Crippen LogP contribution >= 0.6 is 0 Å². The van der Waals surface area contributed by atoms with Crippen LogP contribution in [0.2, 0.25) is 0 Å². The number of nitrogens with one attached hydrogen (secondary N) is 1. The van der Waals surface area contributed by atoms with E-state index in [4.69, 9.17) is 0 Å². The van der Waals surface area contributed by atoms with Crippen LogP contribution in [0, 0.1) is 5.92 Å². The van der Waals surface area contributed by atoms with Gasteiger partial charge >= 0.3 is 0 Å². The molecule has 0 saturated heterocycles. The summed E-state index contributed by atoms with van der Waals surface area (Å²) in [7, 11) is 0. The Hall–Kier alpha value is -0.0400. The molecule has 0 atom stereocenters. The molecule has 0 aliphatic heterocycles. The summed E-state index contributed by atoms with van der Waals surface area (Å²) < 4.78 is 0. The topological polar surface area (TPSA) is 12.0 Å². The van der Waals surface area contributed by atoms with Crippen LogP contribution in [0.15, 0.2) is 0 Å². The van der Waals surface area contributed by atoms with Crippen LogP contribution < -0.4 is 5.32 Å². The van der Waals surface area contributed by atoms with Gasteiger partial charge in [-0.1, -0.05) is 60.3 Å². The fraction of sp³-hybridized carbons (Fsp3) is 1.00. The lowest BCUT2D eigenvalue weighted by Gasteiger charge is -2.04. The second-order valence-electron chi connectivity index (χ2n) is 4.64. The highest BCUT2D eigenvalue weighted by Gasteiger charge is 1.90. The van der Waals surface area contributed by atoms with E-state index >= 15 is 0 Å². The molecule has 1 heteroatoms. The summed E-state index contributed by atoms with van der Waals surface area (Å²) in [6, 6.07) is 0. The molecule has 0 spiro atoms. The van der Waals surface area contributed by atoms with Crippen molar-refractivity contribution in [1.29, 1.82) is 0 Å². The molecule has 0 radical (unpaired) electrons. The van der Waals surface area contributed by atoms with Gasteiger partial charge in [0.2, 0.25) is 0 Å². The number of hydrogen-bond donors (Lipinski definition) is 1. The molecule has 0 aliphatic rings. The van der Waals surface area contributed by atoms with Crippen molar-refractivity contribution in [2.24, 2.45) is 5.92 Å². The van der Waals surface area contributed by atoms with Crippen LogP contribution in [0.4, 0.5) is 0 Å². The van der Waals surface area contributed by atoms with Gasteiger partial charge in [0.15, 0.2) is 0 Å². The molecule has 1 N–H and O–H groups in total. The molecule has 0 rings (SSSR count). The van der Waals surface area contributed by atoms with E-state index in [2.05, 4.69) is 39.9 Å². The summed E-state index contributed by atoms with van der Waals surface area (Å²) in [6.45, 7) is 13.5. The molecule has 1 nitrogen and oxygen atoms in total. The van der Waals surface area contributed by atoms with Gasteiger partial charge in [-0.3, -0.25) is 0 Å². The predicted octanol–water partition coefficient (Wildman–Crippen LogP) is 4.62. The highest BCUT2D eigenvalue weighted by molar-refractivity contribution is 4.49. The minimum atomic E-state index is 0.842. The van der Waals surface area contributed by atoms with Gasteiger partial charge in [0.1, 0.15) is 0 Å². The zero-order chi connectivity index (χ0) is 11.9. The van der Waals surface area contributed by atoms with Gasteiger partial charge in [0.25, 0.3) is 0 Å². The molecule has 15 heavy (non-hydrogen) atoms. The maximum absolute atomic E-state index is 3.37. The third-order valence-electron chi connectivity index (χ3n) is 2.28.